The van der Waals surface area contributed by atoms with Crippen LogP contribution in [0.5, 0.6) is 0 Å². The van der Waals surface area contributed by atoms with Crippen LogP contribution in [0.1, 0.15) is 49.3 Å². The maximum atomic E-state index is 11.9. The molecule has 0 saturated carbocycles. The van der Waals surface area contributed by atoms with Gasteiger partial charge in [-0.1, -0.05) is 19.1 Å². The second-order valence-corrected chi connectivity index (χ2v) is 5.66. The van der Waals surface area contributed by atoms with E-state index in [4.69, 9.17) is 9.47 Å². The number of ether oxygens (including phenoxy) is 2. The Morgan fingerprint density at radius 1 is 1.55 bits per heavy atom. The van der Waals surface area contributed by atoms with Gasteiger partial charge in [-0.3, -0.25) is 0 Å². The van der Waals surface area contributed by atoms with Gasteiger partial charge in [-0.25, -0.2) is 9.48 Å². The number of hydrogen-bond acceptors (Lipinski definition) is 5. The summed E-state index contributed by atoms with van der Waals surface area (Å²) >= 11 is 0. The molecule has 1 aromatic rings. The summed E-state index contributed by atoms with van der Waals surface area (Å²) in [6.07, 6.45) is 3.46. The van der Waals surface area contributed by atoms with Crippen LogP contribution < -0.4 is 0 Å². The number of aryl methyl sites for hydroxylation is 1. The fourth-order valence-corrected chi connectivity index (χ4v) is 2.21. The van der Waals surface area contributed by atoms with Gasteiger partial charge in [-0.05, 0) is 32.1 Å². The molecule has 0 aromatic carbocycles. The Morgan fingerprint density at radius 3 is 3.00 bits per heavy atom. The summed E-state index contributed by atoms with van der Waals surface area (Å²) in [5, 5.41) is 7.97. The Kier molecular flexibility index (Phi) is 5.11. The van der Waals surface area contributed by atoms with Gasteiger partial charge in [0.2, 0.25) is 0 Å². The molecule has 1 aliphatic heterocycles. The Labute approximate surface area is 119 Å². The van der Waals surface area contributed by atoms with E-state index in [9.17, 15) is 4.79 Å². The minimum Gasteiger partial charge on any atom is -0.461 e. The lowest BCUT2D eigenvalue weighted by Crippen LogP contribution is -2.14. The maximum absolute atomic E-state index is 11.9. The molecule has 0 bridgehead atoms. The first-order valence-corrected chi connectivity index (χ1v) is 7.26. The number of carbonyl (C=O) groups excluding carboxylic acids is 1. The van der Waals surface area contributed by atoms with Crippen LogP contribution in [0.25, 0.3) is 0 Å². The molecule has 0 amide bonds. The highest BCUT2D eigenvalue weighted by atomic mass is 16.5. The predicted molar refractivity (Wildman–Crippen MR) is 73.5 cm³/mol. The Morgan fingerprint density at radius 2 is 2.35 bits per heavy atom. The van der Waals surface area contributed by atoms with Gasteiger partial charge in [0.15, 0.2) is 5.69 Å². The summed E-state index contributed by atoms with van der Waals surface area (Å²) in [4.78, 5) is 11.9. The van der Waals surface area contributed by atoms with Gasteiger partial charge in [0, 0.05) is 13.2 Å². The Balaban J connectivity index is 1.90. The van der Waals surface area contributed by atoms with E-state index in [1.54, 1.807) is 4.68 Å². The minimum atomic E-state index is -0.389. The molecule has 1 aromatic heterocycles. The van der Waals surface area contributed by atoms with Crippen molar-refractivity contribution in [2.45, 2.75) is 52.7 Å². The molecule has 0 radical (unpaired) electrons. The summed E-state index contributed by atoms with van der Waals surface area (Å²) in [5.74, 6) is -0.0756. The first-order chi connectivity index (χ1) is 9.58. The Hall–Kier alpha value is -1.43. The predicted octanol–water partition coefficient (Wildman–Crippen LogP) is 1.97. The molecule has 0 aliphatic carbocycles. The summed E-state index contributed by atoms with van der Waals surface area (Å²) in [6, 6.07) is 0. The smallest absolute Gasteiger partial charge is 0.360 e. The lowest BCUT2D eigenvalue weighted by molar-refractivity contribution is 0.0451. The van der Waals surface area contributed by atoms with Crippen LogP contribution >= 0.6 is 0 Å². The van der Waals surface area contributed by atoms with Crippen LogP contribution in [0.3, 0.4) is 0 Å². The quantitative estimate of drug-likeness (QED) is 0.746. The zero-order valence-electron chi connectivity index (χ0n) is 12.5. The lowest BCUT2D eigenvalue weighted by Gasteiger charge is -2.09. The highest BCUT2D eigenvalue weighted by molar-refractivity contribution is 5.88. The topological polar surface area (TPSA) is 66.2 Å². The highest BCUT2D eigenvalue weighted by Gasteiger charge is 2.20. The van der Waals surface area contributed by atoms with E-state index in [-0.39, 0.29) is 5.97 Å². The van der Waals surface area contributed by atoms with E-state index in [0.29, 0.717) is 24.3 Å². The monoisotopic (exact) mass is 281 g/mol. The number of aromatic nitrogens is 3. The molecule has 1 fully saturated rings. The Bertz CT molecular complexity index is 451. The molecular formula is C14H23N3O3. The minimum absolute atomic E-state index is 0.314. The largest absolute Gasteiger partial charge is 0.461 e. The van der Waals surface area contributed by atoms with Crippen molar-refractivity contribution >= 4 is 5.97 Å². The average Bonchev–Trinajstić information content (AvgIpc) is 3.03. The molecular weight excluding hydrogens is 258 g/mol. The molecule has 6 heteroatoms. The molecule has 20 heavy (non-hydrogen) atoms. The van der Waals surface area contributed by atoms with E-state index >= 15 is 0 Å². The molecule has 6 nitrogen and oxygen atoms in total. The van der Waals surface area contributed by atoms with Crippen LogP contribution in [0.4, 0.5) is 0 Å². The third-order valence-electron chi connectivity index (χ3n) is 3.41. The van der Waals surface area contributed by atoms with Crippen molar-refractivity contribution < 1.29 is 14.3 Å². The van der Waals surface area contributed by atoms with Crippen molar-refractivity contribution in [3.8, 4) is 0 Å². The van der Waals surface area contributed by atoms with Crippen LogP contribution in [-0.4, -0.2) is 40.3 Å². The molecule has 2 heterocycles. The zero-order chi connectivity index (χ0) is 14.5. The van der Waals surface area contributed by atoms with E-state index < -0.39 is 0 Å². The van der Waals surface area contributed by atoms with Crippen molar-refractivity contribution in [3.63, 3.8) is 0 Å². The van der Waals surface area contributed by atoms with Gasteiger partial charge in [-0.15, -0.1) is 5.10 Å². The van der Waals surface area contributed by atoms with Gasteiger partial charge in [0.25, 0.3) is 0 Å². The van der Waals surface area contributed by atoms with E-state index in [2.05, 4.69) is 10.3 Å². The fraction of sp³-hybridized carbons (Fsp3) is 0.786. The van der Waals surface area contributed by atoms with E-state index in [1.807, 2.05) is 20.8 Å². The van der Waals surface area contributed by atoms with Gasteiger partial charge in [-0.2, -0.15) is 0 Å². The molecule has 1 saturated heterocycles. The molecule has 2 rings (SSSR count). The first kappa shape index (κ1) is 15.0. The normalized spacial score (nSPS) is 18.7. The van der Waals surface area contributed by atoms with Crippen molar-refractivity contribution in [1.29, 1.82) is 0 Å². The standard InChI is InChI=1S/C14H23N3O3/c1-10(2)9-20-14(18)13-11(3)17(16-15-13)7-6-12-5-4-8-19-12/h10,12H,4-9H2,1-3H3. The summed E-state index contributed by atoms with van der Waals surface area (Å²) in [6.45, 7) is 7.83. The number of nitrogens with zero attached hydrogens (tertiary/aromatic N) is 3. The maximum Gasteiger partial charge on any atom is 0.360 e. The lowest BCUT2D eigenvalue weighted by atomic mass is 10.2. The molecule has 1 atom stereocenters. The fourth-order valence-electron chi connectivity index (χ4n) is 2.21. The van der Waals surface area contributed by atoms with Gasteiger partial charge < -0.3 is 9.47 Å². The third kappa shape index (κ3) is 3.79. The number of esters is 1. The highest BCUT2D eigenvalue weighted by Crippen LogP contribution is 2.16. The second-order valence-electron chi connectivity index (χ2n) is 5.66. The van der Waals surface area contributed by atoms with Crippen molar-refractivity contribution in [3.05, 3.63) is 11.4 Å². The van der Waals surface area contributed by atoms with Gasteiger partial charge in [0.1, 0.15) is 0 Å². The first-order valence-electron chi connectivity index (χ1n) is 7.26. The number of carbonyl (C=O) groups is 1. The van der Waals surface area contributed by atoms with E-state index in [0.717, 1.165) is 38.1 Å². The summed E-state index contributed by atoms with van der Waals surface area (Å²) in [5.41, 5.74) is 1.08. The van der Waals surface area contributed by atoms with E-state index in [1.165, 1.54) is 0 Å². The molecule has 1 unspecified atom stereocenters. The molecule has 0 N–H and O–H groups in total. The third-order valence-corrected chi connectivity index (χ3v) is 3.41. The van der Waals surface area contributed by atoms with Gasteiger partial charge >= 0.3 is 5.97 Å². The van der Waals surface area contributed by atoms with Crippen molar-refractivity contribution in [2.75, 3.05) is 13.2 Å². The SMILES string of the molecule is Cc1c(C(=O)OCC(C)C)nnn1CCC1CCCO1. The molecule has 1 aliphatic rings. The molecule has 0 spiro atoms. The van der Waals surface area contributed by atoms with Crippen LogP contribution in [-0.2, 0) is 16.0 Å². The van der Waals surface area contributed by atoms with Crippen molar-refractivity contribution in [1.82, 2.24) is 15.0 Å². The summed E-state index contributed by atoms with van der Waals surface area (Å²) in [7, 11) is 0. The van der Waals surface area contributed by atoms with Crippen LogP contribution in [0, 0.1) is 12.8 Å². The number of rotatable bonds is 6. The zero-order valence-corrected chi connectivity index (χ0v) is 12.5. The van der Waals surface area contributed by atoms with Gasteiger partial charge in [0.05, 0.1) is 18.4 Å². The van der Waals surface area contributed by atoms with Crippen LogP contribution in [0.2, 0.25) is 0 Å². The second kappa shape index (κ2) is 6.83. The van der Waals surface area contributed by atoms with Crippen molar-refractivity contribution in [2.24, 2.45) is 5.92 Å². The average molecular weight is 281 g/mol. The number of hydrogen-bond donors (Lipinski definition) is 0. The molecule has 112 valence electrons. The van der Waals surface area contributed by atoms with Crippen LogP contribution in [0.15, 0.2) is 0 Å². The summed E-state index contributed by atoms with van der Waals surface area (Å²) < 4.78 is 12.5.